The summed E-state index contributed by atoms with van der Waals surface area (Å²) in [6.07, 6.45) is 0.725. The molecule has 8 heteroatoms. The molecule has 0 radical (unpaired) electrons. The van der Waals surface area contributed by atoms with Gasteiger partial charge in [0.2, 0.25) is 5.91 Å². The Morgan fingerprint density at radius 2 is 1.76 bits per heavy atom. The van der Waals surface area contributed by atoms with Gasteiger partial charge >= 0.3 is 6.03 Å². The van der Waals surface area contributed by atoms with E-state index in [1.807, 2.05) is 42.5 Å². The molecule has 0 aliphatic carbocycles. The minimum Gasteiger partial charge on any atom is -0.329 e. The standard InChI is InChI=1S/C25H20N4O3S/c30-23-14-26-25(32)29(23)15-17-5-1-2-6-19(17)24(31)27-18-11-9-16(10-12-18)13-22-28-20-7-3-4-8-21(20)33-22/h1-12H,13-15H2,(H,26,32)(H,27,31). The van der Waals surface area contributed by atoms with Crippen LogP contribution in [0.4, 0.5) is 10.5 Å². The molecule has 1 fully saturated rings. The molecule has 5 rings (SSSR count). The zero-order chi connectivity index (χ0) is 22.8. The molecule has 3 aromatic carbocycles. The number of thiazole rings is 1. The highest BCUT2D eigenvalue weighted by atomic mass is 32.1. The number of para-hydroxylation sites is 1. The molecular weight excluding hydrogens is 436 g/mol. The number of rotatable bonds is 6. The van der Waals surface area contributed by atoms with Gasteiger partial charge in [-0.15, -0.1) is 11.3 Å². The first-order valence-corrected chi connectivity index (χ1v) is 11.3. The number of amides is 4. The lowest BCUT2D eigenvalue weighted by atomic mass is 10.1. The first kappa shape index (κ1) is 20.8. The number of nitrogens with zero attached hydrogens (tertiary/aromatic N) is 2. The quantitative estimate of drug-likeness (QED) is 0.426. The molecule has 4 amide bonds. The number of hydrogen-bond acceptors (Lipinski definition) is 5. The van der Waals surface area contributed by atoms with Crippen LogP contribution in [0.25, 0.3) is 10.2 Å². The number of hydrogen-bond donors (Lipinski definition) is 2. The van der Waals surface area contributed by atoms with Crippen molar-refractivity contribution in [2.75, 3.05) is 11.9 Å². The number of anilines is 1. The second kappa shape index (κ2) is 8.84. The summed E-state index contributed by atoms with van der Waals surface area (Å²) < 4.78 is 1.17. The maximum Gasteiger partial charge on any atom is 0.324 e. The van der Waals surface area contributed by atoms with Gasteiger partial charge in [-0.25, -0.2) is 9.78 Å². The van der Waals surface area contributed by atoms with Crippen LogP contribution < -0.4 is 10.6 Å². The molecule has 0 atom stereocenters. The lowest BCUT2D eigenvalue weighted by Crippen LogP contribution is -2.31. The van der Waals surface area contributed by atoms with E-state index in [9.17, 15) is 14.4 Å². The topological polar surface area (TPSA) is 91.4 Å². The van der Waals surface area contributed by atoms with Gasteiger partial charge in [-0.3, -0.25) is 14.5 Å². The third-order valence-electron chi connectivity index (χ3n) is 5.43. The molecule has 0 saturated carbocycles. The Balaban J connectivity index is 1.27. The maximum atomic E-state index is 12.9. The smallest absolute Gasteiger partial charge is 0.324 e. The van der Waals surface area contributed by atoms with Crippen LogP contribution in [0.2, 0.25) is 0 Å². The lowest BCUT2D eigenvalue weighted by Gasteiger charge is -2.15. The van der Waals surface area contributed by atoms with Crippen LogP contribution in [0.1, 0.15) is 26.5 Å². The number of nitrogens with one attached hydrogen (secondary N) is 2. The van der Waals surface area contributed by atoms with Crippen LogP contribution in [0.3, 0.4) is 0 Å². The van der Waals surface area contributed by atoms with Gasteiger partial charge in [0.25, 0.3) is 5.91 Å². The Morgan fingerprint density at radius 3 is 2.52 bits per heavy atom. The van der Waals surface area contributed by atoms with Gasteiger partial charge in [0.1, 0.15) is 0 Å². The first-order valence-electron chi connectivity index (χ1n) is 10.5. The van der Waals surface area contributed by atoms with Crippen LogP contribution in [0.5, 0.6) is 0 Å². The fourth-order valence-electron chi connectivity index (χ4n) is 3.74. The monoisotopic (exact) mass is 456 g/mol. The second-order valence-corrected chi connectivity index (χ2v) is 8.81. The van der Waals surface area contributed by atoms with E-state index in [1.165, 1.54) is 4.70 Å². The fourth-order valence-corrected chi connectivity index (χ4v) is 4.74. The molecule has 0 spiro atoms. The van der Waals surface area contributed by atoms with Gasteiger partial charge in [-0.2, -0.15) is 0 Å². The summed E-state index contributed by atoms with van der Waals surface area (Å²) >= 11 is 1.68. The van der Waals surface area contributed by atoms with Gasteiger partial charge in [0.05, 0.1) is 28.3 Å². The summed E-state index contributed by atoms with van der Waals surface area (Å²) in [7, 11) is 0. The van der Waals surface area contributed by atoms with Crippen LogP contribution >= 0.6 is 11.3 Å². The van der Waals surface area contributed by atoms with Crippen LogP contribution in [0, 0.1) is 0 Å². The van der Waals surface area contributed by atoms with E-state index in [0.29, 0.717) is 16.8 Å². The van der Waals surface area contributed by atoms with Crippen molar-refractivity contribution in [3.05, 3.63) is 94.5 Å². The van der Waals surface area contributed by atoms with Gasteiger partial charge in [0, 0.05) is 17.7 Å². The number of benzene rings is 3. The molecule has 1 aromatic heterocycles. The predicted octanol–water partition coefficient (Wildman–Crippen LogP) is 4.19. The number of carbonyl (C=O) groups excluding carboxylic acids is 3. The van der Waals surface area contributed by atoms with Crippen LogP contribution in [-0.2, 0) is 17.8 Å². The van der Waals surface area contributed by atoms with Crippen molar-refractivity contribution in [1.82, 2.24) is 15.2 Å². The summed E-state index contributed by atoms with van der Waals surface area (Å²) in [5.41, 5.74) is 3.80. The normalized spacial score (nSPS) is 13.4. The molecule has 7 nitrogen and oxygen atoms in total. The molecular formula is C25H20N4O3S. The van der Waals surface area contributed by atoms with Crippen molar-refractivity contribution >= 4 is 45.1 Å². The van der Waals surface area contributed by atoms with E-state index in [0.717, 1.165) is 27.4 Å². The van der Waals surface area contributed by atoms with Crippen molar-refractivity contribution in [2.24, 2.45) is 0 Å². The highest BCUT2D eigenvalue weighted by Gasteiger charge is 2.29. The third-order valence-corrected chi connectivity index (χ3v) is 6.47. The summed E-state index contributed by atoms with van der Waals surface area (Å²) in [5, 5.41) is 6.44. The molecule has 1 aliphatic heterocycles. The zero-order valence-corrected chi connectivity index (χ0v) is 18.4. The minimum atomic E-state index is -0.445. The van der Waals surface area contributed by atoms with E-state index in [2.05, 4.69) is 21.7 Å². The number of carbonyl (C=O) groups is 3. The minimum absolute atomic E-state index is 0.0173. The number of aromatic nitrogens is 1. The summed E-state index contributed by atoms with van der Waals surface area (Å²) in [6, 6.07) is 22.3. The van der Waals surface area contributed by atoms with E-state index in [4.69, 9.17) is 0 Å². The highest BCUT2D eigenvalue weighted by molar-refractivity contribution is 7.18. The Hall–Kier alpha value is -4.04. The Labute approximate surface area is 194 Å². The molecule has 2 N–H and O–H groups in total. The molecule has 4 aromatic rings. The second-order valence-electron chi connectivity index (χ2n) is 7.70. The molecule has 2 heterocycles. The van der Waals surface area contributed by atoms with Gasteiger partial charge < -0.3 is 10.6 Å². The van der Waals surface area contributed by atoms with Crippen LogP contribution in [-0.4, -0.2) is 34.3 Å². The first-order chi connectivity index (χ1) is 16.1. The summed E-state index contributed by atoms with van der Waals surface area (Å²) in [4.78, 5) is 42.5. The van der Waals surface area contributed by atoms with Gasteiger partial charge in [-0.1, -0.05) is 42.5 Å². The number of urea groups is 1. The maximum absolute atomic E-state index is 12.9. The average Bonchev–Trinajstić information content (AvgIpc) is 3.38. The zero-order valence-electron chi connectivity index (χ0n) is 17.6. The van der Waals surface area contributed by atoms with Crippen molar-refractivity contribution in [3.63, 3.8) is 0 Å². The molecule has 0 unspecified atom stereocenters. The third kappa shape index (κ3) is 4.47. The largest absolute Gasteiger partial charge is 0.329 e. The Morgan fingerprint density at radius 1 is 1.00 bits per heavy atom. The van der Waals surface area contributed by atoms with Crippen molar-refractivity contribution in [1.29, 1.82) is 0 Å². The SMILES string of the molecule is O=C(Nc1ccc(Cc2nc3ccccc3s2)cc1)c1ccccc1CN1C(=O)CNC1=O. The van der Waals surface area contributed by atoms with E-state index in [1.54, 1.807) is 35.6 Å². The van der Waals surface area contributed by atoms with E-state index in [-0.39, 0.29) is 24.9 Å². The Kier molecular flexibility index (Phi) is 5.58. The molecule has 1 saturated heterocycles. The number of imide groups is 1. The molecule has 1 aliphatic rings. The van der Waals surface area contributed by atoms with E-state index >= 15 is 0 Å². The highest BCUT2D eigenvalue weighted by Crippen LogP contribution is 2.24. The Bertz CT molecular complexity index is 1310. The van der Waals surface area contributed by atoms with Gasteiger partial charge in [0.15, 0.2) is 0 Å². The van der Waals surface area contributed by atoms with Crippen LogP contribution in [0.15, 0.2) is 72.8 Å². The van der Waals surface area contributed by atoms with Crippen molar-refractivity contribution in [3.8, 4) is 0 Å². The van der Waals surface area contributed by atoms with Crippen molar-refractivity contribution in [2.45, 2.75) is 13.0 Å². The predicted molar refractivity (Wildman–Crippen MR) is 127 cm³/mol. The fraction of sp³-hybridized carbons (Fsp3) is 0.120. The molecule has 0 bridgehead atoms. The lowest BCUT2D eigenvalue weighted by molar-refractivity contribution is -0.125. The number of fused-ring (bicyclic) bond motifs is 1. The summed E-state index contributed by atoms with van der Waals surface area (Å²) in [5.74, 6) is -0.601. The van der Waals surface area contributed by atoms with Crippen molar-refractivity contribution < 1.29 is 14.4 Å². The van der Waals surface area contributed by atoms with Gasteiger partial charge in [-0.05, 0) is 41.5 Å². The molecule has 33 heavy (non-hydrogen) atoms. The van der Waals surface area contributed by atoms with E-state index < -0.39 is 6.03 Å². The average molecular weight is 457 g/mol. The summed E-state index contributed by atoms with van der Waals surface area (Å²) in [6.45, 7) is 0.0337. The molecule has 164 valence electrons.